The normalized spacial score (nSPS) is 23.7. The van der Waals surface area contributed by atoms with Crippen molar-refractivity contribution < 1.29 is 13.2 Å². The lowest BCUT2D eigenvalue weighted by Gasteiger charge is -2.48. The molecule has 3 rings (SSSR count). The predicted molar refractivity (Wildman–Crippen MR) is 111 cm³/mol. The summed E-state index contributed by atoms with van der Waals surface area (Å²) >= 11 is 0. The van der Waals surface area contributed by atoms with E-state index >= 15 is 0 Å². The molecule has 1 aromatic rings. The predicted octanol–water partition coefficient (Wildman–Crippen LogP) is 4.28. The zero-order valence-electron chi connectivity index (χ0n) is 17.3. The van der Waals surface area contributed by atoms with Crippen LogP contribution in [0.15, 0.2) is 35.3 Å². The molecule has 2 heterocycles. The highest BCUT2D eigenvalue weighted by Gasteiger charge is 2.36. The Bertz CT molecular complexity index is 647. The van der Waals surface area contributed by atoms with Crippen molar-refractivity contribution in [3.05, 3.63) is 35.9 Å². The number of benzene rings is 1. The van der Waals surface area contributed by atoms with Gasteiger partial charge in [-0.05, 0) is 50.1 Å². The van der Waals surface area contributed by atoms with E-state index in [1.807, 2.05) is 0 Å². The van der Waals surface area contributed by atoms with Crippen molar-refractivity contribution in [2.45, 2.75) is 57.3 Å². The number of alkyl halides is 3. The summed E-state index contributed by atoms with van der Waals surface area (Å²) < 4.78 is 36.8. The van der Waals surface area contributed by atoms with Crippen molar-refractivity contribution >= 4 is 5.96 Å². The highest BCUT2D eigenvalue weighted by molar-refractivity contribution is 5.80. The molecule has 1 N–H and O–H groups in total. The van der Waals surface area contributed by atoms with Crippen molar-refractivity contribution in [1.82, 2.24) is 15.1 Å². The van der Waals surface area contributed by atoms with Crippen LogP contribution in [0.3, 0.4) is 0 Å². The maximum absolute atomic E-state index is 12.3. The van der Waals surface area contributed by atoms with Crippen LogP contribution in [0.2, 0.25) is 0 Å². The van der Waals surface area contributed by atoms with E-state index in [1.54, 1.807) is 7.05 Å². The molecule has 7 heteroatoms. The third-order valence-electron chi connectivity index (χ3n) is 6.09. The van der Waals surface area contributed by atoms with Gasteiger partial charge in [-0.2, -0.15) is 13.2 Å². The summed E-state index contributed by atoms with van der Waals surface area (Å²) in [6.07, 6.45) is -0.559. The van der Waals surface area contributed by atoms with Crippen LogP contribution in [0.25, 0.3) is 0 Å². The van der Waals surface area contributed by atoms with Gasteiger partial charge in [0.15, 0.2) is 5.96 Å². The number of rotatable bonds is 6. The summed E-state index contributed by atoms with van der Waals surface area (Å²) in [6, 6.07) is 11.3. The molecule has 162 valence electrons. The van der Waals surface area contributed by atoms with Crippen LogP contribution in [0, 0.1) is 5.92 Å². The molecule has 0 spiro atoms. The van der Waals surface area contributed by atoms with Gasteiger partial charge in [-0.1, -0.05) is 30.3 Å². The third-order valence-corrected chi connectivity index (χ3v) is 6.09. The number of aliphatic imine (C=N–C) groups is 1. The van der Waals surface area contributed by atoms with Gasteiger partial charge < -0.3 is 10.2 Å². The summed E-state index contributed by atoms with van der Waals surface area (Å²) in [5.41, 5.74) is 1.37. The van der Waals surface area contributed by atoms with Gasteiger partial charge in [-0.3, -0.25) is 9.89 Å². The number of halogens is 3. The SMILES string of the molecule is CN=C(NCCCCC(F)(F)F)N1CCC2C(CCCN2Cc2ccccc2)C1. The molecular formula is C22H33F3N4. The molecule has 2 aliphatic rings. The van der Waals surface area contributed by atoms with Crippen molar-refractivity contribution in [2.24, 2.45) is 10.9 Å². The topological polar surface area (TPSA) is 30.9 Å². The molecule has 2 fully saturated rings. The molecule has 0 bridgehead atoms. The number of piperidine rings is 2. The van der Waals surface area contributed by atoms with Crippen LogP contribution in [0.5, 0.6) is 0 Å². The second-order valence-electron chi connectivity index (χ2n) is 8.21. The van der Waals surface area contributed by atoms with Crippen LogP contribution < -0.4 is 5.32 Å². The van der Waals surface area contributed by atoms with Crippen LogP contribution in [-0.2, 0) is 6.54 Å². The van der Waals surface area contributed by atoms with Gasteiger partial charge in [0, 0.05) is 45.7 Å². The molecule has 2 saturated heterocycles. The second-order valence-corrected chi connectivity index (χ2v) is 8.21. The van der Waals surface area contributed by atoms with E-state index in [-0.39, 0.29) is 6.42 Å². The first-order valence-electron chi connectivity index (χ1n) is 10.8. The molecule has 2 aliphatic heterocycles. The minimum Gasteiger partial charge on any atom is -0.356 e. The average Bonchev–Trinajstić information content (AvgIpc) is 2.70. The van der Waals surface area contributed by atoms with E-state index in [0.29, 0.717) is 24.9 Å². The Labute approximate surface area is 172 Å². The zero-order chi connectivity index (χ0) is 20.7. The van der Waals surface area contributed by atoms with Gasteiger partial charge in [0.25, 0.3) is 0 Å². The Kier molecular flexibility index (Phi) is 7.81. The molecule has 0 saturated carbocycles. The number of nitrogens with zero attached hydrogens (tertiary/aromatic N) is 3. The average molecular weight is 411 g/mol. The number of hydrogen-bond donors (Lipinski definition) is 1. The molecular weight excluding hydrogens is 377 g/mol. The first kappa shape index (κ1) is 21.9. The molecule has 2 unspecified atom stereocenters. The van der Waals surface area contributed by atoms with Crippen LogP contribution in [0.4, 0.5) is 13.2 Å². The Morgan fingerprint density at radius 2 is 1.93 bits per heavy atom. The summed E-state index contributed by atoms with van der Waals surface area (Å²) in [7, 11) is 1.76. The Morgan fingerprint density at radius 3 is 2.66 bits per heavy atom. The summed E-state index contributed by atoms with van der Waals surface area (Å²) in [6.45, 7) is 4.61. The standard InChI is InChI=1S/C22H33F3N4/c1-26-21(27-13-6-5-12-22(23,24)25)29-15-11-20-19(17-29)10-7-14-28(20)16-18-8-3-2-4-9-18/h2-4,8-9,19-20H,5-7,10-17H2,1H3,(H,26,27). The number of unbranched alkanes of at least 4 members (excludes halogenated alkanes) is 1. The van der Waals surface area contributed by atoms with Crippen molar-refractivity contribution in [2.75, 3.05) is 33.2 Å². The maximum atomic E-state index is 12.3. The van der Waals surface area contributed by atoms with E-state index < -0.39 is 12.6 Å². The van der Waals surface area contributed by atoms with Crippen molar-refractivity contribution in [1.29, 1.82) is 0 Å². The van der Waals surface area contributed by atoms with Gasteiger partial charge >= 0.3 is 6.18 Å². The maximum Gasteiger partial charge on any atom is 0.389 e. The van der Waals surface area contributed by atoms with Crippen molar-refractivity contribution in [3.63, 3.8) is 0 Å². The number of guanidine groups is 1. The fourth-order valence-corrected chi connectivity index (χ4v) is 4.70. The fraction of sp³-hybridized carbons (Fsp3) is 0.682. The number of likely N-dealkylation sites (tertiary alicyclic amines) is 2. The minimum atomic E-state index is -4.06. The van der Waals surface area contributed by atoms with Crippen LogP contribution in [0.1, 0.15) is 44.1 Å². The summed E-state index contributed by atoms with van der Waals surface area (Å²) in [5.74, 6) is 1.45. The first-order valence-corrected chi connectivity index (χ1v) is 10.8. The smallest absolute Gasteiger partial charge is 0.356 e. The molecule has 0 aromatic heterocycles. The van der Waals surface area contributed by atoms with E-state index in [0.717, 1.165) is 38.6 Å². The van der Waals surface area contributed by atoms with Gasteiger partial charge in [0.1, 0.15) is 0 Å². The number of fused-ring (bicyclic) bond motifs is 1. The quantitative estimate of drug-likeness (QED) is 0.431. The summed E-state index contributed by atoms with van der Waals surface area (Å²) in [4.78, 5) is 9.30. The van der Waals surface area contributed by atoms with Crippen LogP contribution >= 0.6 is 0 Å². The van der Waals surface area contributed by atoms with Gasteiger partial charge in [0.05, 0.1) is 0 Å². The highest BCUT2D eigenvalue weighted by Crippen LogP contribution is 2.31. The van der Waals surface area contributed by atoms with Crippen LogP contribution in [-0.4, -0.2) is 61.2 Å². The molecule has 29 heavy (non-hydrogen) atoms. The van der Waals surface area contributed by atoms with Crippen molar-refractivity contribution in [3.8, 4) is 0 Å². The monoisotopic (exact) mass is 410 g/mol. The second kappa shape index (κ2) is 10.3. The number of hydrogen-bond acceptors (Lipinski definition) is 2. The minimum absolute atomic E-state index is 0.159. The van der Waals surface area contributed by atoms with Gasteiger partial charge in [0.2, 0.25) is 0 Å². The van der Waals surface area contributed by atoms with Gasteiger partial charge in [-0.15, -0.1) is 0 Å². The molecule has 2 atom stereocenters. The fourth-order valence-electron chi connectivity index (χ4n) is 4.70. The third kappa shape index (κ3) is 6.63. The van der Waals surface area contributed by atoms with E-state index in [4.69, 9.17) is 0 Å². The Hall–Kier alpha value is -1.76. The first-order chi connectivity index (χ1) is 14.0. The molecule has 1 aromatic carbocycles. The van der Waals surface area contributed by atoms with E-state index in [9.17, 15) is 13.2 Å². The molecule has 0 amide bonds. The highest BCUT2D eigenvalue weighted by atomic mass is 19.4. The Balaban J connectivity index is 1.48. The van der Waals surface area contributed by atoms with E-state index in [2.05, 4.69) is 50.4 Å². The number of nitrogens with one attached hydrogen (secondary N) is 1. The lowest BCUT2D eigenvalue weighted by molar-refractivity contribution is -0.135. The van der Waals surface area contributed by atoms with E-state index in [1.165, 1.54) is 18.4 Å². The largest absolute Gasteiger partial charge is 0.389 e. The molecule has 0 radical (unpaired) electrons. The molecule has 0 aliphatic carbocycles. The Morgan fingerprint density at radius 1 is 1.14 bits per heavy atom. The van der Waals surface area contributed by atoms with Gasteiger partial charge in [-0.25, -0.2) is 0 Å². The molecule has 4 nitrogen and oxygen atoms in total. The summed E-state index contributed by atoms with van der Waals surface area (Å²) in [5, 5.41) is 3.27. The lowest BCUT2D eigenvalue weighted by Crippen LogP contribution is -2.56. The lowest BCUT2D eigenvalue weighted by atomic mass is 9.83. The zero-order valence-corrected chi connectivity index (χ0v) is 17.3.